The van der Waals surface area contributed by atoms with Crippen LogP contribution in [0.1, 0.15) is 103 Å². The van der Waals surface area contributed by atoms with Crippen molar-refractivity contribution >= 4 is 5.78 Å². The van der Waals surface area contributed by atoms with E-state index in [2.05, 4.69) is 6.92 Å². The number of Topliss-reactive ketones (excluding diaryl/α,β-unsaturated/α-hetero) is 1. The van der Waals surface area contributed by atoms with E-state index in [0.717, 1.165) is 24.7 Å². The Hall–Kier alpha value is -0.410. The number of aliphatic hydroxyl groups excluding tert-OH is 2. The van der Waals surface area contributed by atoms with Gasteiger partial charge in [0.15, 0.2) is 5.78 Å². The molecule has 3 heteroatoms. The largest absolute Gasteiger partial charge is 0.388 e. The van der Waals surface area contributed by atoms with Gasteiger partial charge in [-0.1, -0.05) is 96.8 Å². The highest BCUT2D eigenvalue weighted by molar-refractivity contribution is 5.83. The summed E-state index contributed by atoms with van der Waals surface area (Å²) in [5.74, 6) is 1.44. The summed E-state index contributed by atoms with van der Waals surface area (Å²) < 4.78 is 0. The summed E-state index contributed by atoms with van der Waals surface area (Å²) in [5.41, 5.74) is 0. The van der Waals surface area contributed by atoms with Gasteiger partial charge >= 0.3 is 0 Å². The molecule has 3 nitrogen and oxygen atoms in total. The van der Waals surface area contributed by atoms with Crippen molar-refractivity contribution in [3.05, 3.63) is 0 Å². The molecule has 1 saturated carbocycles. The molecule has 1 aliphatic rings. The minimum atomic E-state index is -0.957. The van der Waals surface area contributed by atoms with Gasteiger partial charge < -0.3 is 10.2 Å². The first-order valence-electron chi connectivity index (χ1n) is 10.5. The lowest BCUT2D eigenvalue weighted by Gasteiger charge is -2.19. The van der Waals surface area contributed by atoms with E-state index in [-0.39, 0.29) is 0 Å². The van der Waals surface area contributed by atoms with Crippen LogP contribution in [0.25, 0.3) is 0 Å². The zero-order chi connectivity index (χ0) is 17.6. The first-order chi connectivity index (χ1) is 11.7. The van der Waals surface area contributed by atoms with Crippen LogP contribution in [0.5, 0.6) is 0 Å². The number of hydrogen-bond donors (Lipinski definition) is 2. The van der Waals surface area contributed by atoms with Gasteiger partial charge in [-0.25, -0.2) is 0 Å². The van der Waals surface area contributed by atoms with E-state index >= 15 is 0 Å². The van der Waals surface area contributed by atoms with E-state index in [1.54, 1.807) is 0 Å². The van der Waals surface area contributed by atoms with Gasteiger partial charge in [0.25, 0.3) is 0 Å². The third-order valence-electron chi connectivity index (χ3n) is 5.82. The standard InChI is InChI=1S/C21H40O3/c1-2-3-4-5-6-8-12-18-14-11-15-19(18)13-9-7-10-16-20(23)21(24)17-22/h18-20,22-23H,2-17H2,1H3/t18-,19-,20?/m0/s1. The van der Waals surface area contributed by atoms with Crippen LogP contribution in [0.4, 0.5) is 0 Å². The molecule has 1 fully saturated rings. The predicted molar refractivity (Wildman–Crippen MR) is 100 cm³/mol. The average molecular weight is 341 g/mol. The Morgan fingerprint density at radius 2 is 1.46 bits per heavy atom. The molecular weight excluding hydrogens is 300 g/mol. The van der Waals surface area contributed by atoms with Gasteiger partial charge in [-0.15, -0.1) is 0 Å². The van der Waals surface area contributed by atoms with Crippen molar-refractivity contribution in [2.24, 2.45) is 11.8 Å². The maximum Gasteiger partial charge on any atom is 0.186 e. The minimum Gasteiger partial charge on any atom is -0.388 e. The second kappa shape index (κ2) is 13.8. The number of hydrogen-bond acceptors (Lipinski definition) is 3. The van der Waals surface area contributed by atoms with E-state index in [1.807, 2.05) is 0 Å². The summed E-state index contributed by atoms with van der Waals surface area (Å²) in [6.07, 6.45) is 18.1. The Labute approximate surface area is 149 Å². The number of unbranched alkanes of at least 4 members (excludes halogenated alkanes) is 7. The third kappa shape index (κ3) is 9.17. The van der Waals surface area contributed by atoms with Crippen LogP contribution < -0.4 is 0 Å². The number of carbonyl (C=O) groups is 1. The Morgan fingerprint density at radius 3 is 2.04 bits per heavy atom. The van der Waals surface area contributed by atoms with Crippen LogP contribution >= 0.6 is 0 Å². The lowest BCUT2D eigenvalue weighted by atomic mass is 9.86. The van der Waals surface area contributed by atoms with Crippen LogP contribution in [0.2, 0.25) is 0 Å². The van der Waals surface area contributed by atoms with Crippen molar-refractivity contribution in [2.45, 2.75) is 109 Å². The highest BCUT2D eigenvalue weighted by Crippen LogP contribution is 2.38. The molecule has 1 aliphatic carbocycles. The quantitative estimate of drug-likeness (QED) is 0.411. The summed E-state index contributed by atoms with van der Waals surface area (Å²) in [4.78, 5) is 11.1. The zero-order valence-corrected chi connectivity index (χ0v) is 15.8. The predicted octanol–water partition coefficient (Wildman–Crippen LogP) is 5.03. The van der Waals surface area contributed by atoms with E-state index < -0.39 is 18.5 Å². The molecule has 1 rings (SSSR count). The lowest BCUT2D eigenvalue weighted by molar-refractivity contribution is -0.130. The summed E-state index contributed by atoms with van der Waals surface area (Å²) in [5, 5.41) is 18.2. The number of carbonyl (C=O) groups excluding carboxylic acids is 1. The molecule has 0 amide bonds. The summed E-state index contributed by atoms with van der Waals surface area (Å²) in [7, 11) is 0. The second-order valence-electron chi connectivity index (χ2n) is 7.79. The Bertz CT molecular complexity index is 316. The normalized spacial score (nSPS) is 22.0. The van der Waals surface area contributed by atoms with Crippen molar-refractivity contribution in [2.75, 3.05) is 6.61 Å². The summed E-state index contributed by atoms with van der Waals surface area (Å²) in [6, 6.07) is 0. The number of ketones is 1. The van der Waals surface area contributed by atoms with E-state index in [0.29, 0.717) is 6.42 Å². The molecule has 0 aromatic rings. The van der Waals surface area contributed by atoms with Gasteiger partial charge in [0.05, 0.1) is 0 Å². The fourth-order valence-electron chi connectivity index (χ4n) is 4.25. The maximum atomic E-state index is 11.1. The highest BCUT2D eigenvalue weighted by atomic mass is 16.3. The summed E-state index contributed by atoms with van der Waals surface area (Å²) >= 11 is 0. The topological polar surface area (TPSA) is 57.5 Å². The molecule has 24 heavy (non-hydrogen) atoms. The fraction of sp³-hybridized carbons (Fsp3) is 0.952. The average Bonchev–Trinajstić information content (AvgIpc) is 3.04. The fourth-order valence-corrected chi connectivity index (χ4v) is 4.25. The lowest BCUT2D eigenvalue weighted by Crippen LogP contribution is -2.23. The van der Waals surface area contributed by atoms with Crippen LogP contribution in [0.3, 0.4) is 0 Å². The van der Waals surface area contributed by atoms with E-state index in [9.17, 15) is 9.90 Å². The Balaban J connectivity index is 2.04. The monoisotopic (exact) mass is 340 g/mol. The molecule has 0 heterocycles. The molecule has 0 bridgehead atoms. The number of aliphatic hydroxyl groups is 2. The molecule has 0 saturated heterocycles. The molecule has 0 aliphatic heterocycles. The van der Waals surface area contributed by atoms with Crippen molar-refractivity contribution < 1.29 is 15.0 Å². The van der Waals surface area contributed by atoms with E-state index in [4.69, 9.17) is 5.11 Å². The first-order valence-corrected chi connectivity index (χ1v) is 10.5. The molecule has 142 valence electrons. The van der Waals surface area contributed by atoms with Gasteiger partial charge in [0, 0.05) is 0 Å². The third-order valence-corrected chi connectivity index (χ3v) is 5.82. The van der Waals surface area contributed by atoms with Crippen LogP contribution in [0, 0.1) is 11.8 Å². The SMILES string of the molecule is CCCCCCCC[C@H]1CCC[C@@H]1CCCCCC(O)C(=O)CO. The molecule has 0 spiro atoms. The van der Waals surface area contributed by atoms with E-state index in [1.165, 1.54) is 77.0 Å². The molecule has 0 radical (unpaired) electrons. The van der Waals surface area contributed by atoms with Crippen LogP contribution in [-0.2, 0) is 4.79 Å². The molecule has 2 N–H and O–H groups in total. The Kier molecular flexibility index (Phi) is 12.5. The maximum absolute atomic E-state index is 11.1. The molecule has 3 atom stereocenters. The van der Waals surface area contributed by atoms with Crippen molar-refractivity contribution in [3.63, 3.8) is 0 Å². The highest BCUT2D eigenvalue weighted by Gasteiger charge is 2.26. The first kappa shape index (κ1) is 21.6. The second-order valence-corrected chi connectivity index (χ2v) is 7.79. The molecule has 0 aromatic heterocycles. The minimum absolute atomic E-state index is 0.440. The van der Waals surface area contributed by atoms with Crippen molar-refractivity contribution in [1.82, 2.24) is 0 Å². The van der Waals surface area contributed by atoms with Gasteiger partial charge in [-0.05, 0) is 18.3 Å². The van der Waals surface area contributed by atoms with Gasteiger partial charge in [0.1, 0.15) is 12.7 Å². The summed E-state index contributed by atoms with van der Waals surface area (Å²) in [6.45, 7) is 1.73. The van der Waals surface area contributed by atoms with Crippen LogP contribution in [0.15, 0.2) is 0 Å². The van der Waals surface area contributed by atoms with Gasteiger partial charge in [-0.3, -0.25) is 4.79 Å². The van der Waals surface area contributed by atoms with Crippen molar-refractivity contribution in [3.8, 4) is 0 Å². The van der Waals surface area contributed by atoms with Gasteiger partial charge in [-0.2, -0.15) is 0 Å². The molecule has 0 aromatic carbocycles. The molecular formula is C21H40O3. The Morgan fingerprint density at radius 1 is 0.917 bits per heavy atom. The van der Waals surface area contributed by atoms with Crippen LogP contribution in [-0.4, -0.2) is 28.7 Å². The zero-order valence-electron chi connectivity index (χ0n) is 15.8. The van der Waals surface area contributed by atoms with Gasteiger partial charge in [0.2, 0.25) is 0 Å². The molecule has 1 unspecified atom stereocenters. The number of rotatable bonds is 15. The van der Waals surface area contributed by atoms with Crippen molar-refractivity contribution in [1.29, 1.82) is 0 Å². The smallest absolute Gasteiger partial charge is 0.186 e.